The number of rotatable bonds is 4. The van der Waals surface area contributed by atoms with E-state index in [0.717, 1.165) is 43.3 Å². The zero-order valence-electron chi connectivity index (χ0n) is 14.9. The Bertz CT molecular complexity index is 781. The van der Waals surface area contributed by atoms with E-state index in [1.54, 1.807) is 0 Å². The van der Waals surface area contributed by atoms with Gasteiger partial charge in [0.15, 0.2) is 5.13 Å². The molecular weight excluding hydrogens is 350 g/mol. The summed E-state index contributed by atoms with van der Waals surface area (Å²) in [5.74, 6) is 0.914. The molecule has 0 aliphatic carbocycles. The third-order valence-corrected chi connectivity index (χ3v) is 5.37. The number of amides is 1. The van der Waals surface area contributed by atoms with Crippen LogP contribution < -0.4 is 15.5 Å². The molecule has 2 fully saturated rings. The molecule has 2 N–H and O–H groups in total. The Balaban J connectivity index is 1.49. The Labute approximate surface area is 156 Å². The Morgan fingerprint density at radius 1 is 1.27 bits per heavy atom. The van der Waals surface area contributed by atoms with Gasteiger partial charge in [-0.15, -0.1) is 11.3 Å². The van der Waals surface area contributed by atoms with Gasteiger partial charge >= 0.3 is 0 Å². The van der Waals surface area contributed by atoms with Crippen molar-refractivity contribution < 1.29 is 9.53 Å². The van der Waals surface area contributed by atoms with Crippen LogP contribution in [0.2, 0.25) is 0 Å². The van der Waals surface area contributed by atoms with Crippen molar-refractivity contribution in [3.63, 3.8) is 0 Å². The normalized spacial score (nSPS) is 25.6. The second-order valence-electron chi connectivity index (χ2n) is 6.87. The van der Waals surface area contributed by atoms with Gasteiger partial charge in [0, 0.05) is 18.5 Å². The summed E-state index contributed by atoms with van der Waals surface area (Å²) >= 11 is 1.42. The summed E-state index contributed by atoms with van der Waals surface area (Å²) < 4.78 is 5.80. The highest BCUT2D eigenvalue weighted by Gasteiger charge is 2.25. The smallest absolute Gasteiger partial charge is 0.243 e. The Kier molecular flexibility index (Phi) is 4.88. The molecule has 1 unspecified atom stereocenters. The maximum absolute atomic E-state index is 12.0. The molecule has 4 rings (SSSR count). The van der Waals surface area contributed by atoms with Crippen LogP contribution in [0.5, 0.6) is 0 Å². The van der Waals surface area contributed by atoms with E-state index < -0.39 is 0 Å². The largest absolute Gasteiger partial charge is 0.372 e. The van der Waals surface area contributed by atoms with Crippen molar-refractivity contribution in [3.8, 4) is 11.4 Å². The van der Waals surface area contributed by atoms with E-state index in [9.17, 15) is 4.79 Å². The van der Waals surface area contributed by atoms with Crippen LogP contribution in [0.4, 0.5) is 10.9 Å². The fourth-order valence-corrected chi connectivity index (χ4v) is 3.97. The Morgan fingerprint density at radius 3 is 2.73 bits per heavy atom. The molecule has 26 heavy (non-hydrogen) atoms. The van der Waals surface area contributed by atoms with E-state index in [4.69, 9.17) is 9.72 Å². The van der Waals surface area contributed by atoms with Gasteiger partial charge in [-0.3, -0.25) is 4.79 Å². The zero-order chi connectivity index (χ0) is 18.1. The van der Waals surface area contributed by atoms with Crippen LogP contribution >= 0.6 is 11.3 Å². The number of anilines is 2. The number of hydrogen-bond donors (Lipinski definition) is 2. The minimum absolute atomic E-state index is 0.0184. The van der Waals surface area contributed by atoms with Gasteiger partial charge in [-0.1, -0.05) is 6.07 Å². The number of ether oxygens (including phenoxy) is 1. The molecule has 0 bridgehead atoms. The van der Waals surface area contributed by atoms with E-state index in [1.807, 2.05) is 23.6 Å². The second kappa shape index (κ2) is 7.30. The fourth-order valence-electron chi connectivity index (χ4n) is 3.26. The van der Waals surface area contributed by atoms with Crippen LogP contribution in [0.15, 0.2) is 23.6 Å². The minimum atomic E-state index is -0.0888. The van der Waals surface area contributed by atoms with Crippen molar-refractivity contribution in [2.45, 2.75) is 38.5 Å². The number of hydrogen-bond acceptors (Lipinski definition) is 7. The third-order valence-electron chi connectivity index (χ3n) is 4.61. The van der Waals surface area contributed by atoms with Crippen LogP contribution in [-0.2, 0) is 9.53 Å². The molecule has 2 aliphatic heterocycles. The fraction of sp³-hybridized carbons (Fsp3) is 0.500. The quantitative estimate of drug-likeness (QED) is 0.855. The molecule has 8 heteroatoms. The van der Waals surface area contributed by atoms with E-state index in [0.29, 0.717) is 5.13 Å². The number of thiazole rings is 1. The monoisotopic (exact) mass is 373 g/mol. The number of pyridine rings is 1. The van der Waals surface area contributed by atoms with Crippen molar-refractivity contribution in [1.82, 2.24) is 15.3 Å². The zero-order valence-corrected chi connectivity index (χ0v) is 15.8. The second-order valence-corrected chi connectivity index (χ2v) is 7.72. The summed E-state index contributed by atoms with van der Waals surface area (Å²) in [6.07, 6.45) is 1.25. The van der Waals surface area contributed by atoms with Gasteiger partial charge in [0.25, 0.3) is 0 Å². The summed E-state index contributed by atoms with van der Waals surface area (Å²) in [6.45, 7) is 6.72. The standard InChI is InChI=1S/C18H23N5O2S/c1-11-8-23(9-12(2)25-11)16-5-3-4-13(20-16)15-10-26-18(21-15)22-17(24)14-6-7-19-14/h3-5,10-12,14,19H,6-9H2,1-2H3,(H,21,22,24)/t11-,12+,14?. The Morgan fingerprint density at radius 2 is 2.04 bits per heavy atom. The summed E-state index contributed by atoms with van der Waals surface area (Å²) in [4.78, 5) is 23.6. The maximum atomic E-state index is 12.0. The number of morpholine rings is 1. The van der Waals surface area contributed by atoms with Gasteiger partial charge in [-0.25, -0.2) is 9.97 Å². The van der Waals surface area contributed by atoms with Crippen molar-refractivity contribution in [2.75, 3.05) is 29.9 Å². The van der Waals surface area contributed by atoms with E-state index >= 15 is 0 Å². The van der Waals surface area contributed by atoms with Crippen molar-refractivity contribution in [3.05, 3.63) is 23.6 Å². The molecule has 0 spiro atoms. The first-order valence-corrected chi connectivity index (χ1v) is 9.84. The topological polar surface area (TPSA) is 79.4 Å². The molecule has 2 aromatic heterocycles. The molecule has 2 aromatic rings. The molecule has 7 nitrogen and oxygen atoms in total. The lowest BCUT2D eigenvalue weighted by Crippen LogP contribution is -2.50. The van der Waals surface area contributed by atoms with Gasteiger partial charge in [0.1, 0.15) is 11.5 Å². The molecule has 4 heterocycles. The summed E-state index contributed by atoms with van der Waals surface area (Å²) in [5, 5.41) is 8.51. The number of carbonyl (C=O) groups is 1. The molecule has 1 amide bonds. The first kappa shape index (κ1) is 17.4. The molecule has 0 saturated carbocycles. The molecule has 3 atom stereocenters. The molecule has 2 saturated heterocycles. The van der Waals surface area contributed by atoms with Gasteiger partial charge in [-0.2, -0.15) is 0 Å². The van der Waals surface area contributed by atoms with Crippen molar-refractivity contribution in [1.29, 1.82) is 0 Å². The predicted octanol–water partition coefficient (Wildman–Crippen LogP) is 2.12. The third kappa shape index (κ3) is 3.72. The van der Waals surface area contributed by atoms with E-state index in [2.05, 4.69) is 34.4 Å². The predicted molar refractivity (Wildman–Crippen MR) is 103 cm³/mol. The SMILES string of the molecule is C[C@@H]1CN(c2cccc(-c3csc(NC(=O)C4CCN4)n3)n2)C[C@H](C)O1. The van der Waals surface area contributed by atoms with Crippen LogP contribution in [0.3, 0.4) is 0 Å². The first-order chi connectivity index (χ1) is 12.6. The molecule has 0 aromatic carbocycles. The van der Waals surface area contributed by atoms with Gasteiger partial charge in [0.2, 0.25) is 5.91 Å². The van der Waals surface area contributed by atoms with Gasteiger partial charge in [-0.05, 0) is 38.9 Å². The summed E-state index contributed by atoms with van der Waals surface area (Å²) in [5.41, 5.74) is 1.59. The highest BCUT2D eigenvalue weighted by atomic mass is 32.1. The average Bonchev–Trinajstić information content (AvgIpc) is 3.01. The minimum Gasteiger partial charge on any atom is -0.372 e. The van der Waals surface area contributed by atoms with Crippen LogP contribution in [0.25, 0.3) is 11.4 Å². The van der Waals surface area contributed by atoms with Crippen LogP contribution in [-0.4, -0.2) is 53.8 Å². The van der Waals surface area contributed by atoms with Crippen molar-refractivity contribution >= 4 is 28.2 Å². The molecule has 2 aliphatic rings. The average molecular weight is 373 g/mol. The van der Waals surface area contributed by atoms with E-state index in [1.165, 1.54) is 11.3 Å². The number of nitrogens with zero attached hydrogens (tertiary/aromatic N) is 3. The maximum Gasteiger partial charge on any atom is 0.243 e. The van der Waals surface area contributed by atoms with Gasteiger partial charge < -0.3 is 20.3 Å². The molecular formula is C18H23N5O2S. The molecule has 0 radical (unpaired) electrons. The lowest BCUT2D eigenvalue weighted by molar-refractivity contribution is -0.119. The summed E-state index contributed by atoms with van der Waals surface area (Å²) in [6, 6.07) is 5.88. The van der Waals surface area contributed by atoms with Crippen molar-refractivity contribution in [2.24, 2.45) is 0 Å². The highest BCUT2D eigenvalue weighted by Crippen LogP contribution is 2.26. The lowest BCUT2D eigenvalue weighted by Gasteiger charge is -2.36. The summed E-state index contributed by atoms with van der Waals surface area (Å²) in [7, 11) is 0. The number of aromatic nitrogens is 2. The van der Waals surface area contributed by atoms with Gasteiger partial charge in [0.05, 0.1) is 23.9 Å². The van der Waals surface area contributed by atoms with Crippen LogP contribution in [0, 0.1) is 0 Å². The number of nitrogens with one attached hydrogen (secondary N) is 2. The van der Waals surface area contributed by atoms with E-state index in [-0.39, 0.29) is 24.2 Å². The van der Waals surface area contributed by atoms with Crippen LogP contribution in [0.1, 0.15) is 20.3 Å². The Hall–Kier alpha value is -2.03. The lowest BCUT2D eigenvalue weighted by atomic mass is 10.1. The highest BCUT2D eigenvalue weighted by molar-refractivity contribution is 7.14. The molecule has 138 valence electrons. The number of carbonyl (C=O) groups excluding carboxylic acids is 1. The first-order valence-electron chi connectivity index (χ1n) is 8.96.